The van der Waals surface area contributed by atoms with Gasteiger partial charge in [-0.2, -0.15) is 10.2 Å². The predicted octanol–water partition coefficient (Wildman–Crippen LogP) is -15.7. The molecular weight excluding hydrogens is 427 g/mol. The number of carbonyl (C=O) groups is 4. The molecule has 27 heavy (non-hydrogen) atoms. The zero-order valence-electron chi connectivity index (χ0n) is 13.6. The topological polar surface area (TPSA) is 411 Å². The number of aliphatic carboxylic acids is 4. The van der Waals surface area contributed by atoms with E-state index in [0.29, 0.717) is 0 Å². The van der Waals surface area contributed by atoms with Crippen LogP contribution < -0.4 is 65.2 Å². The largest absolute Gasteiger partial charge is 2.00 e. The summed E-state index contributed by atoms with van der Waals surface area (Å²) in [6.45, 7) is 0. The van der Waals surface area contributed by atoms with Crippen molar-refractivity contribution < 1.29 is 77.3 Å². The molecule has 0 saturated heterocycles. The molecule has 164 valence electrons. The Bertz CT molecular complexity index is 398. The van der Waals surface area contributed by atoms with Gasteiger partial charge in [-0.05, 0) is 0 Å². The average Bonchev–Trinajstić information content (AvgIpc) is 2.37. The van der Waals surface area contributed by atoms with Crippen LogP contribution in [0.5, 0.6) is 0 Å². The SMILES string of the molecule is N[NH+]=C(N)N.N[NH+]=C(N)N.O=C([O-])CC(=O)[O-].O=C([O-])CC(=O)[O-].[Ni+2].[OH3+].[OH3+]. The third-order valence-corrected chi connectivity index (χ3v) is 0.911. The van der Waals surface area contributed by atoms with Crippen molar-refractivity contribution in [2.24, 2.45) is 34.6 Å². The molecule has 0 amide bonds. The summed E-state index contributed by atoms with van der Waals surface area (Å²) in [6, 6.07) is 0. The van der Waals surface area contributed by atoms with Crippen LogP contribution in [-0.2, 0) is 46.6 Å². The molecule has 0 bridgehead atoms. The Morgan fingerprint density at radius 2 is 0.704 bits per heavy atom. The summed E-state index contributed by atoms with van der Waals surface area (Å²) < 4.78 is 0. The van der Waals surface area contributed by atoms with Gasteiger partial charge < -0.3 is 50.6 Å². The number of hydrazine groups is 2. The molecule has 20 N–H and O–H groups in total. The van der Waals surface area contributed by atoms with Gasteiger partial charge >= 0.3 is 28.4 Å². The van der Waals surface area contributed by atoms with Crippen molar-refractivity contribution >= 4 is 35.8 Å². The van der Waals surface area contributed by atoms with E-state index in [1.165, 1.54) is 0 Å². The molecule has 0 saturated carbocycles. The molecule has 18 nitrogen and oxygen atoms in total. The van der Waals surface area contributed by atoms with Gasteiger partial charge in [0.1, 0.15) is 0 Å². The van der Waals surface area contributed by atoms with Gasteiger partial charge in [0.2, 0.25) is 0 Å². The van der Waals surface area contributed by atoms with Crippen LogP contribution in [0.1, 0.15) is 12.8 Å². The fourth-order valence-corrected chi connectivity index (χ4v) is 0.236. The van der Waals surface area contributed by atoms with E-state index in [1.54, 1.807) is 0 Å². The van der Waals surface area contributed by atoms with E-state index in [0.717, 1.165) is 0 Å². The van der Waals surface area contributed by atoms with Gasteiger partial charge in [-0.15, -0.1) is 0 Å². The first-order valence-electron chi connectivity index (χ1n) is 5.28. The van der Waals surface area contributed by atoms with E-state index < -0.39 is 36.7 Å². The van der Waals surface area contributed by atoms with Crippen LogP contribution in [0.2, 0.25) is 0 Å². The molecule has 0 unspecified atom stereocenters. The van der Waals surface area contributed by atoms with Crippen molar-refractivity contribution in [3.63, 3.8) is 0 Å². The number of hydrogen-bond donors (Lipinski definition) is 8. The second kappa shape index (κ2) is 30.3. The smallest absolute Gasteiger partial charge is 0.550 e. The molecule has 0 aliphatic carbocycles. The summed E-state index contributed by atoms with van der Waals surface area (Å²) in [5.74, 6) is 2.83. The van der Waals surface area contributed by atoms with E-state index in [2.05, 4.69) is 11.7 Å². The first-order chi connectivity index (χ1) is 10.8. The van der Waals surface area contributed by atoms with Crippen molar-refractivity contribution in [3.05, 3.63) is 0 Å². The van der Waals surface area contributed by atoms with Gasteiger partial charge in [0.25, 0.3) is 0 Å². The minimum atomic E-state index is -1.63. The van der Waals surface area contributed by atoms with Crippen LogP contribution in [0.4, 0.5) is 0 Å². The number of carboxylic acids is 4. The zero-order valence-corrected chi connectivity index (χ0v) is 14.6. The van der Waals surface area contributed by atoms with Crippen molar-refractivity contribution in [3.8, 4) is 0 Å². The molecule has 0 heterocycles. The van der Waals surface area contributed by atoms with E-state index >= 15 is 0 Å². The standard InChI is InChI=1S/2C3H4O4.2CH6N4.Ni.2H2O/c2*4-2(5)1-3(6)7;2*2-1(3)5-4;;;/h2*1H2,(H,4,5)(H,6,7);2*4H2,(H4,2,3,5);;2*1H2/q;;;;+2;;. The molecule has 0 rings (SSSR count). The first-order valence-corrected chi connectivity index (χ1v) is 5.28. The minimum Gasteiger partial charge on any atom is -0.550 e. The number of hydrazone groups is 2. The molecule has 0 aromatic rings. The first kappa shape index (κ1) is 43.7. The van der Waals surface area contributed by atoms with Gasteiger partial charge in [0.15, 0.2) is 0 Å². The fourth-order valence-electron chi connectivity index (χ4n) is 0.236. The molecule has 0 radical (unpaired) electrons. The Labute approximate surface area is 161 Å². The third-order valence-electron chi connectivity index (χ3n) is 0.911. The second-order valence-electron chi connectivity index (χ2n) is 3.04. The predicted molar refractivity (Wildman–Crippen MR) is 76.1 cm³/mol. The fraction of sp³-hybridized carbons (Fsp3) is 0.250. The number of hydrogen-bond acceptors (Lipinski definition) is 10. The maximum atomic E-state index is 9.28. The van der Waals surface area contributed by atoms with E-state index in [9.17, 15) is 39.6 Å². The molecular formula is C8H24N8NiO10+2. The number of guanidine groups is 2. The molecule has 19 heteroatoms. The Kier molecular flexibility index (Phi) is 49.1. The van der Waals surface area contributed by atoms with Crippen LogP contribution in [0, 0.1) is 0 Å². The van der Waals surface area contributed by atoms with Gasteiger partial charge in [-0.25, -0.2) is 0 Å². The monoisotopic (exact) mass is 450 g/mol. The Balaban J connectivity index is -0.0000000385. The number of nitrogens with one attached hydrogen (secondary N) is 2. The molecule has 0 aromatic carbocycles. The van der Waals surface area contributed by atoms with Gasteiger partial charge in [0.05, 0.1) is 0 Å². The zero-order chi connectivity index (χ0) is 20.3. The van der Waals surface area contributed by atoms with Crippen LogP contribution in [0.25, 0.3) is 0 Å². The minimum absolute atomic E-state index is 0. The summed E-state index contributed by atoms with van der Waals surface area (Å²) in [4.78, 5) is 37.1. The molecule has 0 atom stereocenters. The number of carbonyl (C=O) groups excluding carboxylic acids is 4. The summed E-state index contributed by atoms with van der Waals surface area (Å²) in [7, 11) is 0. The van der Waals surface area contributed by atoms with Gasteiger partial charge in [-0.1, -0.05) is 0 Å². The summed E-state index contributed by atoms with van der Waals surface area (Å²) in [6.07, 6.45) is -2.06. The Hall–Kier alpha value is -3.57. The van der Waals surface area contributed by atoms with Crippen molar-refractivity contribution in [2.45, 2.75) is 12.8 Å². The van der Waals surface area contributed by atoms with Crippen molar-refractivity contribution in [1.29, 1.82) is 0 Å². The number of nitrogens with two attached hydrogens (primary N) is 6. The van der Waals surface area contributed by atoms with E-state index in [1.807, 2.05) is 10.2 Å². The molecule has 0 spiro atoms. The van der Waals surface area contributed by atoms with Gasteiger partial charge in [0, 0.05) is 36.7 Å². The van der Waals surface area contributed by atoms with Crippen LogP contribution >= 0.6 is 0 Å². The summed E-state index contributed by atoms with van der Waals surface area (Å²) in [5, 5.41) is 41.1. The van der Waals surface area contributed by atoms with E-state index in [4.69, 9.17) is 22.9 Å². The molecule has 0 aliphatic heterocycles. The number of rotatable bonds is 4. The normalized spacial score (nSPS) is 6.52. The van der Waals surface area contributed by atoms with Crippen LogP contribution in [-0.4, -0.2) is 35.8 Å². The van der Waals surface area contributed by atoms with E-state index in [-0.39, 0.29) is 39.4 Å². The maximum Gasteiger partial charge on any atom is 2.00 e. The molecule has 0 fully saturated rings. The third kappa shape index (κ3) is 132. The Morgan fingerprint density at radius 1 is 0.593 bits per heavy atom. The van der Waals surface area contributed by atoms with Crippen molar-refractivity contribution in [2.75, 3.05) is 0 Å². The quantitative estimate of drug-likeness (QED) is 0.0374. The Morgan fingerprint density at radius 3 is 0.704 bits per heavy atom. The second-order valence-corrected chi connectivity index (χ2v) is 3.04. The average molecular weight is 451 g/mol. The van der Waals surface area contributed by atoms with Crippen LogP contribution in [0.3, 0.4) is 0 Å². The molecule has 0 aromatic heterocycles. The molecule has 0 aliphatic rings. The number of carboxylic acid groups (broad SMARTS) is 4. The summed E-state index contributed by atoms with van der Waals surface area (Å²) >= 11 is 0. The van der Waals surface area contributed by atoms with Gasteiger partial charge in [-0.3, -0.25) is 34.6 Å². The van der Waals surface area contributed by atoms with Crippen LogP contribution in [0.15, 0.2) is 0 Å². The van der Waals surface area contributed by atoms with Crippen molar-refractivity contribution in [1.82, 2.24) is 0 Å². The summed E-state index contributed by atoms with van der Waals surface area (Å²) in [5.41, 5.74) is 19.0. The maximum absolute atomic E-state index is 9.28.